The zero-order chi connectivity index (χ0) is 10.1. The molecule has 1 heterocycles. The van der Waals surface area contributed by atoms with Crippen molar-refractivity contribution in [3.63, 3.8) is 0 Å². The number of rotatable bonds is 2. The second-order valence-electron chi connectivity index (χ2n) is 2.94. The number of carbonyl (C=O) groups is 2. The third-order valence-electron chi connectivity index (χ3n) is 2.09. The van der Waals surface area contributed by atoms with E-state index in [4.69, 9.17) is 10.4 Å². The lowest BCUT2D eigenvalue weighted by Gasteiger charge is -2.27. The number of nitrogens with zero attached hydrogens (tertiary/aromatic N) is 2. The number of nitriles is 1. The Labute approximate surface area is 74.7 Å². The number of urea groups is 1. The van der Waals surface area contributed by atoms with Gasteiger partial charge in [0.25, 0.3) is 5.91 Å². The topological polar surface area (TPSA) is 93.4 Å². The first-order chi connectivity index (χ1) is 6.06. The van der Waals surface area contributed by atoms with Crippen LogP contribution in [0.1, 0.15) is 6.92 Å². The molecule has 3 amide bonds. The first-order valence-electron chi connectivity index (χ1n) is 3.67. The van der Waals surface area contributed by atoms with Crippen molar-refractivity contribution >= 4 is 11.9 Å². The van der Waals surface area contributed by atoms with Gasteiger partial charge in [-0.25, -0.2) is 4.79 Å². The second kappa shape index (κ2) is 3.03. The van der Waals surface area contributed by atoms with Crippen LogP contribution in [0.3, 0.4) is 0 Å². The Balaban J connectivity index is 2.97. The van der Waals surface area contributed by atoms with Crippen LogP contribution < -0.4 is 5.32 Å². The number of hydrogen-bond acceptors (Lipinski definition) is 4. The summed E-state index contributed by atoms with van der Waals surface area (Å²) < 4.78 is 0. The van der Waals surface area contributed by atoms with Crippen molar-refractivity contribution in [2.75, 3.05) is 13.2 Å². The molecule has 0 saturated carbocycles. The van der Waals surface area contributed by atoms with Crippen LogP contribution in [-0.4, -0.2) is 40.6 Å². The highest BCUT2D eigenvalue weighted by molar-refractivity contribution is 6.06. The molecule has 1 atom stereocenters. The van der Waals surface area contributed by atoms with Crippen molar-refractivity contribution < 1.29 is 14.7 Å². The van der Waals surface area contributed by atoms with Gasteiger partial charge in [0.05, 0.1) is 12.7 Å². The molecule has 1 rings (SSSR count). The van der Waals surface area contributed by atoms with E-state index >= 15 is 0 Å². The maximum Gasteiger partial charge on any atom is 0.325 e. The largest absolute Gasteiger partial charge is 0.393 e. The molecule has 0 spiro atoms. The first kappa shape index (κ1) is 9.48. The summed E-state index contributed by atoms with van der Waals surface area (Å²) >= 11 is 0. The normalized spacial score (nSPS) is 27.3. The van der Waals surface area contributed by atoms with Crippen molar-refractivity contribution in [2.45, 2.75) is 12.5 Å². The Hall–Kier alpha value is -1.61. The molecule has 0 aromatic heterocycles. The van der Waals surface area contributed by atoms with Gasteiger partial charge in [-0.2, -0.15) is 5.26 Å². The Morgan fingerprint density at radius 3 is 2.77 bits per heavy atom. The van der Waals surface area contributed by atoms with Crippen LogP contribution in [0.2, 0.25) is 0 Å². The van der Waals surface area contributed by atoms with E-state index in [-0.39, 0.29) is 6.54 Å². The van der Waals surface area contributed by atoms with Crippen LogP contribution in [-0.2, 0) is 4.79 Å². The second-order valence-corrected chi connectivity index (χ2v) is 2.94. The monoisotopic (exact) mass is 183 g/mol. The Morgan fingerprint density at radius 1 is 1.69 bits per heavy atom. The van der Waals surface area contributed by atoms with Gasteiger partial charge < -0.3 is 5.11 Å². The van der Waals surface area contributed by atoms with Crippen LogP contribution in [0.4, 0.5) is 4.79 Å². The molecule has 1 aliphatic heterocycles. The van der Waals surface area contributed by atoms with E-state index < -0.39 is 24.1 Å². The van der Waals surface area contributed by atoms with E-state index in [2.05, 4.69) is 0 Å². The van der Waals surface area contributed by atoms with E-state index in [0.29, 0.717) is 0 Å². The SMILES string of the molecule is CC1(CO)C(=O)NC(=O)N1CC#N. The van der Waals surface area contributed by atoms with Crippen LogP contribution in [0.15, 0.2) is 0 Å². The Kier molecular flexibility index (Phi) is 2.21. The van der Waals surface area contributed by atoms with Crippen LogP contribution in [0, 0.1) is 11.3 Å². The standard InChI is InChI=1S/C7H9N3O3/c1-7(4-11)5(12)9-6(13)10(7)3-2-8/h11H,3-4H2,1H3,(H,9,12,13). The van der Waals surface area contributed by atoms with Crippen molar-refractivity contribution in [2.24, 2.45) is 0 Å². The van der Waals surface area contributed by atoms with Crippen LogP contribution in [0.25, 0.3) is 0 Å². The third kappa shape index (κ3) is 1.23. The van der Waals surface area contributed by atoms with Gasteiger partial charge in [-0.05, 0) is 6.92 Å². The number of nitrogens with one attached hydrogen (secondary N) is 1. The molecule has 6 heteroatoms. The van der Waals surface area contributed by atoms with Crippen molar-refractivity contribution in [3.05, 3.63) is 0 Å². The molecule has 0 bridgehead atoms. The fourth-order valence-electron chi connectivity index (χ4n) is 1.12. The van der Waals surface area contributed by atoms with Gasteiger partial charge in [0, 0.05) is 0 Å². The average molecular weight is 183 g/mol. The minimum absolute atomic E-state index is 0.214. The van der Waals surface area contributed by atoms with Gasteiger partial charge >= 0.3 is 6.03 Å². The van der Waals surface area contributed by atoms with E-state index in [1.807, 2.05) is 5.32 Å². The summed E-state index contributed by atoms with van der Waals surface area (Å²) in [6, 6.07) is 1.12. The molecule has 1 saturated heterocycles. The lowest BCUT2D eigenvalue weighted by Crippen LogP contribution is -2.50. The highest BCUT2D eigenvalue weighted by atomic mass is 16.3. The fourth-order valence-corrected chi connectivity index (χ4v) is 1.12. The van der Waals surface area contributed by atoms with E-state index in [9.17, 15) is 9.59 Å². The van der Waals surface area contributed by atoms with Crippen molar-refractivity contribution in [3.8, 4) is 6.07 Å². The van der Waals surface area contributed by atoms with Gasteiger partial charge in [-0.1, -0.05) is 0 Å². The molecule has 1 fully saturated rings. The van der Waals surface area contributed by atoms with Gasteiger partial charge in [-0.15, -0.1) is 0 Å². The first-order valence-corrected chi connectivity index (χ1v) is 3.67. The number of aliphatic hydroxyl groups is 1. The van der Waals surface area contributed by atoms with Crippen LogP contribution >= 0.6 is 0 Å². The predicted molar refractivity (Wildman–Crippen MR) is 41.3 cm³/mol. The third-order valence-corrected chi connectivity index (χ3v) is 2.09. The fraction of sp³-hybridized carbons (Fsp3) is 0.571. The maximum absolute atomic E-state index is 11.2. The minimum Gasteiger partial charge on any atom is -0.393 e. The van der Waals surface area contributed by atoms with Crippen molar-refractivity contribution in [1.82, 2.24) is 10.2 Å². The number of aliphatic hydroxyl groups excluding tert-OH is 1. The van der Waals surface area contributed by atoms with Crippen LogP contribution in [0.5, 0.6) is 0 Å². The smallest absolute Gasteiger partial charge is 0.325 e. The molecule has 1 unspecified atom stereocenters. The number of hydrogen-bond donors (Lipinski definition) is 2. The zero-order valence-electron chi connectivity index (χ0n) is 7.07. The molecule has 0 aliphatic carbocycles. The molecule has 6 nitrogen and oxygen atoms in total. The summed E-state index contributed by atoms with van der Waals surface area (Å²) in [5.74, 6) is -0.574. The highest BCUT2D eigenvalue weighted by Crippen LogP contribution is 2.19. The summed E-state index contributed by atoms with van der Waals surface area (Å²) in [7, 11) is 0. The van der Waals surface area contributed by atoms with E-state index in [0.717, 1.165) is 4.90 Å². The molecule has 70 valence electrons. The van der Waals surface area contributed by atoms with Gasteiger partial charge in [0.1, 0.15) is 12.1 Å². The molecule has 13 heavy (non-hydrogen) atoms. The Bertz CT molecular complexity index is 296. The summed E-state index contributed by atoms with van der Waals surface area (Å²) in [5, 5.41) is 19.4. The molecule has 1 aliphatic rings. The lowest BCUT2D eigenvalue weighted by molar-refractivity contribution is -0.127. The molecule has 2 N–H and O–H groups in total. The summed E-state index contributed by atoms with van der Waals surface area (Å²) in [6.07, 6.45) is 0. The molecule has 0 aromatic rings. The van der Waals surface area contributed by atoms with E-state index in [1.165, 1.54) is 6.92 Å². The number of imide groups is 1. The number of amides is 3. The Morgan fingerprint density at radius 2 is 2.31 bits per heavy atom. The minimum atomic E-state index is -1.30. The zero-order valence-corrected chi connectivity index (χ0v) is 7.07. The number of carbonyl (C=O) groups excluding carboxylic acids is 2. The molecular weight excluding hydrogens is 174 g/mol. The van der Waals surface area contributed by atoms with Crippen molar-refractivity contribution in [1.29, 1.82) is 5.26 Å². The molecule has 0 aromatic carbocycles. The molecular formula is C7H9N3O3. The highest BCUT2D eigenvalue weighted by Gasteiger charge is 2.48. The van der Waals surface area contributed by atoms with Gasteiger partial charge in [0.2, 0.25) is 0 Å². The summed E-state index contributed by atoms with van der Waals surface area (Å²) in [4.78, 5) is 23.3. The lowest BCUT2D eigenvalue weighted by atomic mass is 10.0. The maximum atomic E-state index is 11.2. The summed E-state index contributed by atoms with van der Waals surface area (Å²) in [5.41, 5.74) is -1.30. The van der Waals surface area contributed by atoms with Gasteiger partial charge in [-0.3, -0.25) is 15.0 Å². The predicted octanol–water partition coefficient (Wildman–Crippen LogP) is -1.19. The summed E-state index contributed by atoms with van der Waals surface area (Å²) in [6.45, 7) is 0.700. The van der Waals surface area contributed by atoms with Gasteiger partial charge in [0.15, 0.2) is 0 Å². The van der Waals surface area contributed by atoms with E-state index in [1.54, 1.807) is 6.07 Å². The average Bonchev–Trinajstić information content (AvgIpc) is 2.31. The molecule has 0 radical (unpaired) electrons. The quantitative estimate of drug-likeness (QED) is 0.416.